The summed E-state index contributed by atoms with van der Waals surface area (Å²) >= 11 is 0. The van der Waals surface area contributed by atoms with E-state index < -0.39 is 17.8 Å². The lowest BCUT2D eigenvalue weighted by Crippen LogP contribution is -2.51. The van der Waals surface area contributed by atoms with E-state index in [0.29, 0.717) is 38.8 Å². The Labute approximate surface area is 151 Å². The van der Waals surface area contributed by atoms with Crippen molar-refractivity contribution in [3.8, 4) is 0 Å². The second-order valence-corrected chi connectivity index (χ2v) is 6.99. The van der Waals surface area contributed by atoms with E-state index in [1.807, 2.05) is 17.0 Å². The fourth-order valence-electron chi connectivity index (χ4n) is 3.42. The molecule has 0 aliphatic carbocycles. The molecule has 1 amide bonds. The molecule has 2 unspecified atom stereocenters. The molecule has 3 heterocycles. The number of hydrogen-bond acceptors (Lipinski definition) is 7. The van der Waals surface area contributed by atoms with E-state index >= 15 is 0 Å². The van der Waals surface area contributed by atoms with E-state index in [-0.39, 0.29) is 18.4 Å². The number of carboxylic acid groups (broad SMARTS) is 1. The van der Waals surface area contributed by atoms with Crippen molar-refractivity contribution in [1.29, 1.82) is 0 Å². The first-order chi connectivity index (χ1) is 12.3. The van der Waals surface area contributed by atoms with Crippen LogP contribution in [0.15, 0.2) is 18.3 Å². The third kappa shape index (κ3) is 4.41. The van der Waals surface area contributed by atoms with Crippen molar-refractivity contribution in [3.05, 3.63) is 18.3 Å². The molecule has 2 aliphatic rings. The lowest BCUT2D eigenvalue weighted by Gasteiger charge is -2.38. The Bertz CT molecular complexity index is 658. The number of carbonyl (C=O) groups excluding carboxylic acids is 1. The van der Waals surface area contributed by atoms with E-state index in [4.69, 9.17) is 5.11 Å². The number of aliphatic carboxylic acids is 1. The number of carbonyl (C=O) groups is 2. The van der Waals surface area contributed by atoms with Crippen LogP contribution in [0.4, 0.5) is 11.5 Å². The molecule has 0 saturated carbocycles. The number of hydrogen-bond donors (Lipinski definition) is 5. The van der Waals surface area contributed by atoms with Gasteiger partial charge in [-0.3, -0.25) is 9.59 Å². The van der Waals surface area contributed by atoms with Gasteiger partial charge in [0.25, 0.3) is 0 Å². The zero-order chi connectivity index (χ0) is 18.7. The normalized spacial score (nSPS) is 25.5. The highest BCUT2D eigenvalue weighted by molar-refractivity contribution is 5.77. The molecule has 2 aliphatic heterocycles. The van der Waals surface area contributed by atoms with Gasteiger partial charge in [-0.05, 0) is 31.4 Å². The molecule has 5 N–H and O–H groups in total. The third-order valence-corrected chi connectivity index (χ3v) is 4.97. The summed E-state index contributed by atoms with van der Waals surface area (Å²) in [5, 5.41) is 34.7. The van der Waals surface area contributed by atoms with Crippen LogP contribution in [0.25, 0.3) is 0 Å². The van der Waals surface area contributed by atoms with Gasteiger partial charge in [-0.15, -0.1) is 0 Å². The molecule has 26 heavy (non-hydrogen) atoms. The molecule has 0 radical (unpaired) electrons. The summed E-state index contributed by atoms with van der Waals surface area (Å²) in [7, 11) is 0. The number of piperidine rings is 2. The zero-order valence-electron chi connectivity index (χ0n) is 14.4. The van der Waals surface area contributed by atoms with Crippen LogP contribution in [-0.4, -0.2) is 63.1 Å². The number of aliphatic hydroxyl groups excluding tert-OH is 1. The standard InChI is InChI=1S/C17H24N4O5/c22-14-4-2-12(16(25)20-14)19-11-1-3-13(18-10-11)21-7-5-17(26,6-8-21)9-15(23)24/h1,3,10,12,16,19,25-26H,2,4-9H2,(H,20,22)(H,23,24). The highest BCUT2D eigenvalue weighted by atomic mass is 16.4. The minimum absolute atomic E-state index is 0.156. The van der Waals surface area contributed by atoms with Crippen molar-refractivity contribution in [2.45, 2.75) is 50.0 Å². The molecule has 0 bridgehead atoms. The van der Waals surface area contributed by atoms with Crippen molar-refractivity contribution >= 4 is 23.4 Å². The first kappa shape index (κ1) is 18.4. The molecule has 0 spiro atoms. The number of carboxylic acids is 1. The number of pyridine rings is 1. The van der Waals surface area contributed by atoms with E-state index in [9.17, 15) is 19.8 Å². The first-order valence-electron chi connectivity index (χ1n) is 8.74. The molecule has 3 rings (SSSR count). The van der Waals surface area contributed by atoms with Gasteiger partial charge in [-0.25, -0.2) is 4.98 Å². The SMILES string of the molecule is O=C(O)CC1(O)CCN(c2ccc(NC3CCC(=O)NC3O)cn2)CC1. The van der Waals surface area contributed by atoms with Crippen molar-refractivity contribution in [2.75, 3.05) is 23.3 Å². The average molecular weight is 364 g/mol. The third-order valence-electron chi connectivity index (χ3n) is 4.97. The highest BCUT2D eigenvalue weighted by Gasteiger charge is 2.34. The Morgan fingerprint density at radius 2 is 2.12 bits per heavy atom. The van der Waals surface area contributed by atoms with Gasteiger partial charge in [0.1, 0.15) is 12.0 Å². The highest BCUT2D eigenvalue weighted by Crippen LogP contribution is 2.28. The molecule has 142 valence electrons. The van der Waals surface area contributed by atoms with Crippen LogP contribution >= 0.6 is 0 Å². The number of nitrogens with one attached hydrogen (secondary N) is 2. The summed E-state index contributed by atoms with van der Waals surface area (Å²) in [6.45, 7) is 1.08. The van der Waals surface area contributed by atoms with Gasteiger partial charge in [0.2, 0.25) is 5.91 Å². The fraction of sp³-hybridized carbons (Fsp3) is 0.588. The summed E-state index contributed by atoms with van der Waals surface area (Å²) in [6.07, 6.45) is 2.18. The average Bonchev–Trinajstić information content (AvgIpc) is 2.58. The van der Waals surface area contributed by atoms with Gasteiger partial charge in [0.05, 0.1) is 29.9 Å². The fourth-order valence-corrected chi connectivity index (χ4v) is 3.42. The lowest BCUT2D eigenvalue weighted by molar-refractivity contribution is -0.143. The largest absolute Gasteiger partial charge is 0.481 e. The van der Waals surface area contributed by atoms with Gasteiger partial charge >= 0.3 is 5.97 Å². The van der Waals surface area contributed by atoms with Gasteiger partial charge < -0.3 is 30.9 Å². The van der Waals surface area contributed by atoms with Crippen LogP contribution in [0, 0.1) is 0 Å². The molecular formula is C17H24N4O5. The predicted octanol–water partition coefficient (Wildman–Crippen LogP) is -0.103. The van der Waals surface area contributed by atoms with Gasteiger partial charge in [-0.1, -0.05) is 0 Å². The summed E-state index contributed by atoms with van der Waals surface area (Å²) in [5.74, 6) is -0.391. The van der Waals surface area contributed by atoms with Gasteiger partial charge in [-0.2, -0.15) is 0 Å². The Morgan fingerprint density at radius 3 is 2.69 bits per heavy atom. The van der Waals surface area contributed by atoms with E-state index in [2.05, 4.69) is 15.6 Å². The molecule has 2 atom stereocenters. The number of anilines is 2. The van der Waals surface area contributed by atoms with Crippen molar-refractivity contribution in [2.24, 2.45) is 0 Å². The van der Waals surface area contributed by atoms with Crippen LogP contribution < -0.4 is 15.5 Å². The van der Waals surface area contributed by atoms with Crippen molar-refractivity contribution in [3.63, 3.8) is 0 Å². The topological polar surface area (TPSA) is 135 Å². The van der Waals surface area contributed by atoms with Crippen LogP contribution in [0.5, 0.6) is 0 Å². The van der Waals surface area contributed by atoms with Crippen molar-refractivity contribution < 1.29 is 24.9 Å². The van der Waals surface area contributed by atoms with Crippen LogP contribution in [0.3, 0.4) is 0 Å². The van der Waals surface area contributed by atoms with Crippen molar-refractivity contribution in [1.82, 2.24) is 10.3 Å². The minimum atomic E-state index is -1.15. The monoisotopic (exact) mass is 364 g/mol. The first-order valence-corrected chi connectivity index (χ1v) is 8.74. The molecule has 1 aromatic rings. The van der Waals surface area contributed by atoms with E-state index in [1.165, 1.54) is 0 Å². The van der Waals surface area contributed by atoms with E-state index in [0.717, 1.165) is 11.5 Å². The minimum Gasteiger partial charge on any atom is -0.481 e. The number of aromatic nitrogens is 1. The maximum Gasteiger partial charge on any atom is 0.306 e. The maximum absolute atomic E-state index is 11.2. The van der Waals surface area contributed by atoms with Gasteiger partial charge in [0, 0.05) is 19.5 Å². The lowest BCUT2D eigenvalue weighted by atomic mass is 9.88. The molecule has 2 fully saturated rings. The second-order valence-electron chi connectivity index (χ2n) is 6.99. The number of aliphatic hydroxyl groups is 2. The molecule has 2 saturated heterocycles. The van der Waals surface area contributed by atoms with Crippen LogP contribution in [0.1, 0.15) is 32.1 Å². The zero-order valence-corrected chi connectivity index (χ0v) is 14.4. The molecule has 1 aromatic heterocycles. The summed E-state index contributed by atoms with van der Waals surface area (Å²) < 4.78 is 0. The summed E-state index contributed by atoms with van der Waals surface area (Å²) in [5.41, 5.74) is -0.404. The number of nitrogens with zero attached hydrogens (tertiary/aromatic N) is 2. The summed E-state index contributed by atoms with van der Waals surface area (Å²) in [6, 6.07) is 3.43. The number of rotatable bonds is 5. The Kier molecular flexibility index (Phi) is 5.28. The Hall–Kier alpha value is -2.39. The van der Waals surface area contributed by atoms with Gasteiger partial charge in [0.15, 0.2) is 0 Å². The smallest absolute Gasteiger partial charge is 0.306 e. The quantitative estimate of drug-likeness (QED) is 0.489. The maximum atomic E-state index is 11.2. The number of amides is 1. The molecule has 9 nitrogen and oxygen atoms in total. The Morgan fingerprint density at radius 1 is 1.38 bits per heavy atom. The Balaban J connectivity index is 1.55. The predicted molar refractivity (Wildman–Crippen MR) is 93.7 cm³/mol. The van der Waals surface area contributed by atoms with Crippen LogP contribution in [-0.2, 0) is 9.59 Å². The molecule has 0 aromatic carbocycles. The second kappa shape index (κ2) is 7.46. The van der Waals surface area contributed by atoms with Crippen LogP contribution in [0.2, 0.25) is 0 Å². The molecule has 9 heteroatoms. The summed E-state index contributed by atoms with van der Waals surface area (Å²) in [4.78, 5) is 28.5. The van der Waals surface area contributed by atoms with E-state index in [1.54, 1.807) is 6.20 Å². The molecular weight excluding hydrogens is 340 g/mol.